The van der Waals surface area contributed by atoms with Crippen molar-refractivity contribution < 1.29 is 4.92 Å². The molecule has 14 heavy (non-hydrogen) atoms. The predicted molar refractivity (Wildman–Crippen MR) is 61.1 cm³/mol. The topological polar surface area (TPSA) is 69.2 Å². The van der Waals surface area contributed by atoms with E-state index >= 15 is 0 Å². The summed E-state index contributed by atoms with van der Waals surface area (Å²) in [5.74, 6) is 0. The molecule has 74 valence electrons. The van der Waals surface area contributed by atoms with Gasteiger partial charge in [-0.1, -0.05) is 0 Å². The van der Waals surface area contributed by atoms with Crippen molar-refractivity contribution in [3.05, 3.63) is 36.9 Å². The van der Waals surface area contributed by atoms with Crippen molar-refractivity contribution in [2.75, 3.05) is 0 Å². The van der Waals surface area contributed by atoms with Gasteiger partial charge in [0, 0.05) is 12.1 Å². The Kier molecular flexibility index (Phi) is 2.44. The van der Waals surface area contributed by atoms with Crippen LogP contribution < -0.4 is 5.73 Å². The van der Waals surface area contributed by atoms with Crippen LogP contribution in [0.4, 0.5) is 5.69 Å². The number of hydrogen-bond acceptors (Lipinski definition) is 3. The van der Waals surface area contributed by atoms with Gasteiger partial charge in [-0.25, -0.2) is 0 Å². The highest BCUT2D eigenvalue weighted by atomic mass is 127. The quantitative estimate of drug-likeness (QED) is 0.491. The molecule has 0 aliphatic heterocycles. The Morgan fingerprint density at radius 3 is 2.93 bits per heavy atom. The third kappa shape index (κ3) is 1.50. The van der Waals surface area contributed by atoms with Crippen molar-refractivity contribution >= 4 is 28.3 Å². The molecular weight excluding hydrogens is 295 g/mol. The maximum atomic E-state index is 10.7. The first-order chi connectivity index (χ1) is 6.59. The van der Waals surface area contributed by atoms with Crippen molar-refractivity contribution in [3.63, 3.8) is 0 Å². The zero-order valence-electron chi connectivity index (χ0n) is 7.37. The van der Waals surface area contributed by atoms with E-state index in [1.54, 1.807) is 6.07 Å². The normalized spacial score (nSPS) is 19.4. The van der Waals surface area contributed by atoms with Crippen LogP contribution in [-0.2, 0) is 6.42 Å². The molecule has 2 N–H and O–H groups in total. The fourth-order valence-electron chi connectivity index (χ4n) is 1.79. The second kappa shape index (κ2) is 3.47. The molecule has 1 aliphatic rings. The van der Waals surface area contributed by atoms with Crippen molar-refractivity contribution in [2.24, 2.45) is 5.73 Å². The molecule has 1 aromatic rings. The van der Waals surface area contributed by atoms with Crippen LogP contribution in [0.5, 0.6) is 0 Å². The molecule has 1 aromatic carbocycles. The van der Waals surface area contributed by atoms with Gasteiger partial charge in [0.05, 0.1) is 8.49 Å². The summed E-state index contributed by atoms with van der Waals surface area (Å²) in [6, 6.07) is 3.47. The molecule has 0 amide bonds. The van der Waals surface area contributed by atoms with Gasteiger partial charge >= 0.3 is 0 Å². The van der Waals surface area contributed by atoms with Crippen LogP contribution >= 0.6 is 22.6 Å². The van der Waals surface area contributed by atoms with Gasteiger partial charge in [-0.3, -0.25) is 10.1 Å². The van der Waals surface area contributed by atoms with Crippen molar-refractivity contribution in [1.82, 2.24) is 0 Å². The van der Waals surface area contributed by atoms with Crippen molar-refractivity contribution in [2.45, 2.75) is 18.9 Å². The van der Waals surface area contributed by atoms with E-state index in [2.05, 4.69) is 0 Å². The number of nitrogens with zero attached hydrogens (tertiary/aromatic N) is 1. The summed E-state index contributed by atoms with van der Waals surface area (Å²) in [7, 11) is 0. The van der Waals surface area contributed by atoms with Gasteiger partial charge < -0.3 is 5.73 Å². The predicted octanol–water partition coefficient (Wildman–Crippen LogP) is 2.15. The minimum Gasteiger partial charge on any atom is -0.324 e. The lowest BCUT2D eigenvalue weighted by Gasteiger charge is -2.05. The lowest BCUT2D eigenvalue weighted by molar-refractivity contribution is -0.385. The number of nitro groups is 1. The Hall–Kier alpha value is -0.690. The van der Waals surface area contributed by atoms with Crippen LogP contribution in [-0.4, -0.2) is 4.92 Å². The Morgan fingerprint density at radius 1 is 1.57 bits per heavy atom. The van der Waals surface area contributed by atoms with Crippen LogP contribution in [0, 0.1) is 13.7 Å². The van der Waals surface area contributed by atoms with E-state index in [-0.39, 0.29) is 16.7 Å². The third-order valence-corrected chi connectivity index (χ3v) is 3.39. The van der Waals surface area contributed by atoms with Gasteiger partial charge in [0.25, 0.3) is 5.69 Å². The number of halogens is 1. The fourth-order valence-corrected chi connectivity index (χ4v) is 2.52. The van der Waals surface area contributed by atoms with E-state index in [0.717, 1.165) is 24.0 Å². The Balaban J connectivity index is 2.57. The summed E-state index contributed by atoms with van der Waals surface area (Å²) in [4.78, 5) is 10.3. The highest BCUT2D eigenvalue weighted by Crippen LogP contribution is 2.34. The molecule has 0 saturated carbocycles. The molecule has 2 rings (SSSR count). The summed E-state index contributed by atoms with van der Waals surface area (Å²) in [5.41, 5.74) is 8.11. The summed E-state index contributed by atoms with van der Waals surface area (Å²) in [6.45, 7) is 0. The Morgan fingerprint density at radius 2 is 2.29 bits per heavy atom. The highest BCUT2D eigenvalue weighted by Gasteiger charge is 2.24. The SMILES string of the molecule is N[C@H]1CCc2cc(I)c([N+](=O)[O-])cc21. The van der Waals surface area contributed by atoms with Gasteiger partial charge in [-0.15, -0.1) is 0 Å². The van der Waals surface area contributed by atoms with E-state index in [4.69, 9.17) is 5.73 Å². The van der Waals surface area contributed by atoms with Crippen LogP contribution in [0.1, 0.15) is 23.6 Å². The molecule has 1 atom stereocenters. The second-order valence-electron chi connectivity index (χ2n) is 3.40. The monoisotopic (exact) mass is 304 g/mol. The van der Waals surface area contributed by atoms with Crippen LogP contribution in [0.15, 0.2) is 12.1 Å². The maximum Gasteiger partial charge on any atom is 0.282 e. The summed E-state index contributed by atoms with van der Waals surface area (Å²) >= 11 is 1.99. The van der Waals surface area contributed by atoms with E-state index in [1.807, 2.05) is 28.7 Å². The molecule has 0 saturated heterocycles. The number of nitrogens with two attached hydrogens (primary N) is 1. The van der Waals surface area contributed by atoms with Crippen LogP contribution in [0.25, 0.3) is 0 Å². The lowest BCUT2D eigenvalue weighted by Crippen LogP contribution is -2.06. The molecule has 5 heteroatoms. The third-order valence-electron chi connectivity index (χ3n) is 2.53. The number of benzene rings is 1. The number of hydrogen-bond donors (Lipinski definition) is 1. The van der Waals surface area contributed by atoms with Gasteiger partial charge in [0.15, 0.2) is 0 Å². The zero-order valence-corrected chi connectivity index (χ0v) is 9.52. The minimum absolute atomic E-state index is 0.0271. The highest BCUT2D eigenvalue weighted by molar-refractivity contribution is 14.1. The average molecular weight is 304 g/mol. The summed E-state index contributed by atoms with van der Waals surface area (Å²) in [6.07, 6.45) is 1.83. The lowest BCUT2D eigenvalue weighted by atomic mass is 10.1. The first kappa shape index (κ1) is 9.85. The molecule has 0 aromatic heterocycles. The van der Waals surface area contributed by atoms with E-state index in [1.165, 1.54) is 0 Å². The Labute approximate surface area is 94.8 Å². The van der Waals surface area contributed by atoms with E-state index in [0.29, 0.717) is 3.57 Å². The number of fused-ring (bicyclic) bond motifs is 1. The first-order valence-corrected chi connectivity index (χ1v) is 5.39. The molecule has 0 bridgehead atoms. The summed E-state index contributed by atoms with van der Waals surface area (Å²) in [5, 5.41) is 10.7. The molecular formula is C9H9IN2O2. The molecule has 0 radical (unpaired) electrons. The average Bonchev–Trinajstić information content (AvgIpc) is 2.46. The van der Waals surface area contributed by atoms with Crippen molar-refractivity contribution in [3.8, 4) is 0 Å². The van der Waals surface area contributed by atoms with Gasteiger partial charge in [0.2, 0.25) is 0 Å². The molecule has 0 spiro atoms. The largest absolute Gasteiger partial charge is 0.324 e. The van der Waals surface area contributed by atoms with Gasteiger partial charge in [-0.2, -0.15) is 0 Å². The smallest absolute Gasteiger partial charge is 0.282 e. The molecule has 1 aliphatic carbocycles. The van der Waals surface area contributed by atoms with Crippen LogP contribution in [0.3, 0.4) is 0 Å². The summed E-state index contributed by atoms with van der Waals surface area (Å²) < 4.78 is 0.695. The van der Waals surface area contributed by atoms with Gasteiger partial charge in [0.1, 0.15) is 0 Å². The molecule has 0 fully saturated rings. The number of rotatable bonds is 1. The fraction of sp³-hybridized carbons (Fsp3) is 0.333. The maximum absolute atomic E-state index is 10.7. The minimum atomic E-state index is -0.354. The zero-order chi connectivity index (χ0) is 10.3. The second-order valence-corrected chi connectivity index (χ2v) is 4.57. The van der Waals surface area contributed by atoms with Gasteiger partial charge in [-0.05, 0) is 52.6 Å². The molecule has 4 nitrogen and oxygen atoms in total. The number of aryl methyl sites for hydroxylation is 1. The van der Waals surface area contributed by atoms with E-state index < -0.39 is 0 Å². The standard InChI is InChI=1S/C9H9IN2O2/c10-7-3-5-1-2-8(11)6(5)4-9(7)12(13)14/h3-4,8H,1-2,11H2/t8-/m0/s1. The Bertz CT molecular complexity index is 406. The first-order valence-electron chi connectivity index (χ1n) is 4.32. The molecule has 0 unspecified atom stereocenters. The van der Waals surface area contributed by atoms with Crippen LogP contribution in [0.2, 0.25) is 0 Å². The van der Waals surface area contributed by atoms with E-state index in [9.17, 15) is 10.1 Å². The molecule has 0 heterocycles. The van der Waals surface area contributed by atoms with Crippen molar-refractivity contribution in [1.29, 1.82) is 0 Å². The number of nitro benzene ring substituents is 1.